The largest absolute Gasteiger partial charge is 0.256 e. The second-order valence-corrected chi connectivity index (χ2v) is 4.54. The highest BCUT2D eigenvalue weighted by molar-refractivity contribution is 7.13. The van der Waals surface area contributed by atoms with E-state index in [0.717, 1.165) is 16.8 Å². The Bertz CT molecular complexity index is 643. The lowest BCUT2D eigenvalue weighted by molar-refractivity contribution is 1.26. The van der Waals surface area contributed by atoms with Crippen molar-refractivity contribution in [2.24, 2.45) is 0 Å². The molecule has 0 saturated heterocycles. The number of aromatic nitrogens is 2. The van der Waals surface area contributed by atoms with Crippen LogP contribution in [0.5, 0.6) is 0 Å². The highest BCUT2D eigenvalue weighted by Gasteiger charge is 2.05. The molecule has 0 saturated carbocycles. The van der Waals surface area contributed by atoms with E-state index < -0.39 is 0 Å². The summed E-state index contributed by atoms with van der Waals surface area (Å²) in [6, 6.07) is 10.3. The van der Waals surface area contributed by atoms with Crippen molar-refractivity contribution in [1.82, 2.24) is 9.97 Å². The molecule has 0 amide bonds. The summed E-state index contributed by atoms with van der Waals surface area (Å²) in [5.74, 6) is 0. The van der Waals surface area contributed by atoms with E-state index >= 15 is 0 Å². The third-order valence-electron chi connectivity index (χ3n) is 2.60. The van der Waals surface area contributed by atoms with E-state index in [-0.39, 0.29) is 0 Å². The van der Waals surface area contributed by atoms with Crippen molar-refractivity contribution < 1.29 is 0 Å². The zero-order valence-corrected chi connectivity index (χ0v) is 9.66. The Labute approximate surface area is 97.6 Å². The lowest BCUT2D eigenvalue weighted by atomic mass is 10.1. The predicted octanol–water partition coefficient (Wildman–Crippen LogP) is 3.67. The van der Waals surface area contributed by atoms with Gasteiger partial charge in [-0.3, -0.25) is 4.98 Å². The van der Waals surface area contributed by atoms with Gasteiger partial charge in [-0.2, -0.15) is 0 Å². The van der Waals surface area contributed by atoms with Gasteiger partial charge in [-0.05, 0) is 19.1 Å². The van der Waals surface area contributed by atoms with Crippen LogP contribution in [0.1, 0.15) is 5.69 Å². The smallest absolute Gasteiger partial charge is 0.0801 e. The molecule has 0 spiro atoms. The van der Waals surface area contributed by atoms with Crippen molar-refractivity contribution in [2.75, 3.05) is 0 Å². The summed E-state index contributed by atoms with van der Waals surface area (Å²) in [7, 11) is 0. The molecule has 0 aliphatic rings. The second-order valence-electron chi connectivity index (χ2n) is 3.68. The Hall–Kier alpha value is -1.74. The molecule has 16 heavy (non-hydrogen) atoms. The molecule has 1 aromatic carbocycles. The van der Waals surface area contributed by atoms with Gasteiger partial charge in [-0.25, -0.2) is 4.98 Å². The molecular weight excluding hydrogens is 216 g/mol. The Balaban J connectivity index is 2.23. The number of para-hydroxylation sites is 1. The molecule has 0 aliphatic carbocycles. The van der Waals surface area contributed by atoms with E-state index in [1.165, 1.54) is 10.3 Å². The molecule has 0 radical (unpaired) electrons. The van der Waals surface area contributed by atoms with Crippen LogP contribution in [0.4, 0.5) is 0 Å². The molecule has 78 valence electrons. The van der Waals surface area contributed by atoms with Gasteiger partial charge in [-0.1, -0.05) is 18.2 Å². The number of hydrogen-bond donors (Lipinski definition) is 0. The Morgan fingerprint density at radius 1 is 1.12 bits per heavy atom. The average molecular weight is 226 g/mol. The number of benzene rings is 1. The molecular formula is C13H10N2S. The molecule has 3 aromatic rings. The van der Waals surface area contributed by atoms with E-state index in [1.807, 2.05) is 36.8 Å². The first-order chi connectivity index (χ1) is 7.84. The minimum absolute atomic E-state index is 1.04. The summed E-state index contributed by atoms with van der Waals surface area (Å²) >= 11 is 1.66. The van der Waals surface area contributed by atoms with Crippen molar-refractivity contribution >= 4 is 22.2 Å². The summed E-state index contributed by atoms with van der Waals surface area (Å²) in [6.07, 6.45) is 1.92. The summed E-state index contributed by atoms with van der Waals surface area (Å²) in [5.41, 5.74) is 5.13. The predicted molar refractivity (Wildman–Crippen MR) is 67.6 cm³/mol. The molecule has 0 bridgehead atoms. The molecule has 3 rings (SSSR count). The standard InChI is InChI=1S/C13H10N2S/c1-9-13(16-8-15-9)11-6-10-4-2-3-5-12(10)14-7-11/h2-8H,1H3. The van der Waals surface area contributed by atoms with Crippen molar-refractivity contribution in [1.29, 1.82) is 0 Å². The molecule has 2 heterocycles. The third-order valence-corrected chi connectivity index (χ3v) is 3.58. The van der Waals surface area contributed by atoms with E-state index in [4.69, 9.17) is 0 Å². The number of nitrogens with zero attached hydrogens (tertiary/aromatic N) is 2. The average Bonchev–Trinajstić information content (AvgIpc) is 2.75. The van der Waals surface area contributed by atoms with Crippen LogP contribution in [0.2, 0.25) is 0 Å². The summed E-state index contributed by atoms with van der Waals surface area (Å²) in [4.78, 5) is 9.93. The van der Waals surface area contributed by atoms with Gasteiger partial charge >= 0.3 is 0 Å². The van der Waals surface area contributed by atoms with Crippen molar-refractivity contribution in [3.05, 3.63) is 47.7 Å². The maximum Gasteiger partial charge on any atom is 0.0801 e. The van der Waals surface area contributed by atoms with Crippen molar-refractivity contribution in [3.63, 3.8) is 0 Å². The van der Waals surface area contributed by atoms with Crippen LogP contribution in [0.25, 0.3) is 21.3 Å². The molecule has 3 heteroatoms. The fourth-order valence-electron chi connectivity index (χ4n) is 1.77. The maximum absolute atomic E-state index is 4.46. The summed E-state index contributed by atoms with van der Waals surface area (Å²) in [5, 5.41) is 1.17. The topological polar surface area (TPSA) is 25.8 Å². The minimum Gasteiger partial charge on any atom is -0.256 e. The summed E-state index contributed by atoms with van der Waals surface area (Å²) < 4.78 is 0. The lowest BCUT2D eigenvalue weighted by Crippen LogP contribution is -1.82. The molecule has 2 nitrogen and oxygen atoms in total. The second kappa shape index (κ2) is 3.68. The van der Waals surface area contributed by atoms with Gasteiger partial charge in [0.25, 0.3) is 0 Å². The van der Waals surface area contributed by atoms with Crippen molar-refractivity contribution in [3.8, 4) is 10.4 Å². The van der Waals surface area contributed by atoms with Crippen molar-refractivity contribution in [2.45, 2.75) is 6.92 Å². The number of aryl methyl sites for hydroxylation is 1. The molecule has 0 unspecified atom stereocenters. The quantitative estimate of drug-likeness (QED) is 0.632. The number of fused-ring (bicyclic) bond motifs is 1. The van der Waals surface area contributed by atoms with E-state index in [1.54, 1.807) is 11.3 Å². The first kappa shape index (κ1) is 9.48. The highest BCUT2D eigenvalue weighted by atomic mass is 32.1. The summed E-state index contributed by atoms with van der Waals surface area (Å²) in [6.45, 7) is 2.03. The first-order valence-corrected chi connectivity index (χ1v) is 5.98. The van der Waals surface area contributed by atoms with Crippen LogP contribution in [0.15, 0.2) is 42.0 Å². The van der Waals surface area contributed by atoms with Crippen LogP contribution in [0, 0.1) is 6.92 Å². The van der Waals surface area contributed by atoms with Crippen LogP contribution in [-0.2, 0) is 0 Å². The fraction of sp³-hybridized carbons (Fsp3) is 0.0769. The van der Waals surface area contributed by atoms with E-state index in [9.17, 15) is 0 Å². The van der Waals surface area contributed by atoms with E-state index in [0.29, 0.717) is 0 Å². The number of pyridine rings is 1. The molecule has 0 N–H and O–H groups in total. The molecule has 2 aromatic heterocycles. The van der Waals surface area contributed by atoms with Gasteiger partial charge in [0, 0.05) is 17.1 Å². The fourth-order valence-corrected chi connectivity index (χ4v) is 2.56. The van der Waals surface area contributed by atoms with Gasteiger partial charge in [0.15, 0.2) is 0 Å². The molecule has 0 atom stereocenters. The zero-order chi connectivity index (χ0) is 11.0. The minimum atomic E-state index is 1.04. The highest BCUT2D eigenvalue weighted by Crippen LogP contribution is 2.28. The van der Waals surface area contributed by atoms with Gasteiger partial charge in [-0.15, -0.1) is 11.3 Å². The van der Waals surface area contributed by atoms with Crippen LogP contribution < -0.4 is 0 Å². The monoisotopic (exact) mass is 226 g/mol. The van der Waals surface area contributed by atoms with E-state index in [2.05, 4.69) is 22.1 Å². The molecule has 0 fully saturated rings. The number of thiazole rings is 1. The lowest BCUT2D eigenvalue weighted by Gasteiger charge is -2.01. The zero-order valence-electron chi connectivity index (χ0n) is 8.84. The SMILES string of the molecule is Cc1ncsc1-c1cnc2ccccc2c1. The third kappa shape index (κ3) is 1.49. The van der Waals surface area contributed by atoms with Gasteiger partial charge in [0.1, 0.15) is 0 Å². The molecule has 0 aliphatic heterocycles. The van der Waals surface area contributed by atoms with Crippen LogP contribution in [0.3, 0.4) is 0 Å². The Morgan fingerprint density at radius 3 is 2.81 bits per heavy atom. The Morgan fingerprint density at radius 2 is 2.00 bits per heavy atom. The number of hydrogen-bond acceptors (Lipinski definition) is 3. The Kier molecular flexibility index (Phi) is 2.18. The van der Waals surface area contributed by atoms with Crippen LogP contribution in [-0.4, -0.2) is 9.97 Å². The van der Waals surface area contributed by atoms with Gasteiger partial charge < -0.3 is 0 Å². The van der Waals surface area contributed by atoms with Gasteiger partial charge in [0.2, 0.25) is 0 Å². The van der Waals surface area contributed by atoms with Gasteiger partial charge in [0.05, 0.1) is 21.6 Å². The first-order valence-electron chi connectivity index (χ1n) is 5.10. The normalized spacial score (nSPS) is 10.8. The maximum atomic E-state index is 4.46. The number of rotatable bonds is 1. The van der Waals surface area contributed by atoms with Crippen LogP contribution >= 0.6 is 11.3 Å².